The summed E-state index contributed by atoms with van der Waals surface area (Å²) in [4.78, 5) is 26.7. The van der Waals surface area contributed by atoms with Gasteiger partial charge in [0.25, 0.3) is 0 Å². The Labute approximate surface area is 202 Å². The van der Waals surface area contributed by atoms with E-state index >= 15 is 0 Å². The van der Waals surface area contributed by atoms with Crippen molar-refractivity contribution < 1.29 is 32.5 Å². The summed E-state index contributed by atoms with van der Waals surface area (Å²) in [6.45, 7) is 9.73. The fraction of sp³-hybridized carbons (Fsp3) is 0.538. The van der Waals surface area contributed by atoms with Crippen molar-refractivity contribution in [3.05, 3.63) is 52.8 Å². The lowest BCUT2D eigenvalue weighted by atomic mass is 9.57. The normalized spacial score (nSPS) is 21.4. The fourth-order valence-electron chi connectivity index (χ4n) is 4.49. The van der Waals surface area contributed by atoms with Gasteiger partial charge in [-0.25, -0.2) is 4.57 Å². The second-order valence-electron chi connectivity index (χ2n) is 9.38. The summed E-state index contributed by atoms with van der Waals surface area (Å²) in [5.74, 6) is -0.177. The molecule has 1 atom stereocenters. The highest BCUT2D eigenvalue weighted by Gasteiger charge is 2.53. The molecule has 0 heterocycles. The van der Waals surface area contributed by atoms with Gasteiger partial charge in [-0.15, -0.1) is 0 Å². The molecule has 1 aromatic rings. The number of phosphoric ester groups is 1. The maximum atomic E-state index is 13.8. The molecule has 0 saturated heterocycles. The molecule has 2 aliphatic carbocycles. The van der Waals surface area contributed by atoms with Crippen LogP contribution in [0.1, 0.15) is 76.2 Å². The number of carbonyl (C=O) groups is 2. The standard InChI is InChI=1S/C26H35O7P/c1-7-9-15-31-34(29,32-16-10-8-2)33-23-22(28)19-12-11-18(30-6)17-20(19)26(5)14-13-21(27)25(3,4)24(23)26/h11-14,17H,7-10,15-16H2,1-6H3. The number of rotatable bonds is 11. The topological polar surface area (TPSA) is 88.1 Å². The number of ether oxygens (including phenoxy) is 1. The van der Waals surface area contributed by atoms with Crippen LogP contribution in [-0.4, -0.2) is 31.9 Å². The third-order valence-corrected chi connectivity index (χ3v) is 7.89. The van der Waals surface area contributed by atoms with E-state index in [-0.39, 0.29) is 24.8 Å². The molecule has 1 unspecified atom stereocenters. The molecule has 0 saturated carbocycles. The van der Waals surface area contributed by atoms with Gasteiger partial charge in [-0.3, -0.25) is 18.6 Å². The lowest BCUT2D eigenvalue weighted by molar-refractivity contribution is -0.121. The zero-order chi connectivity index (χ0) is 25.1. The lowest BCUT2D eigenvalue weighted by Gasteiger charge is -2.45. The Bertz CT molecular complexity index is 1050. The van der Waals surface area contributed by atoms with E-state index in [2.05, 4.69) is 0 Å². The predicted molar refractivity (Wildman–Crippen MR) is 130 cm³/mol. The second-order valence-corrected chi connectivity index (χ2v) is 11.0. The number of ketones is 2. The molecule has 0 N–H and O–H groups in total. The fourth-order valence-corrected chi connectivity index (χ4v) is 5.78. The van der Waals surface area contributed by atoms with Crippen LogP contribution in [0, 0.1) is 5.41 Å². The maximum absolute atomic E-state index is 13.8. The van der Waals surface area contributed by atoms with Crippen LogP contribution in [0.2, 0.25) is 0 Å². The van der Waals surface area contributed by atoms with Gasteiger partial charge >= 0.3 is 7.82 Å². The lowest BCUT2D eigenvalue weighted by Crippen LogP contribution is -2.45. The van der Waals surface area contributed by atoms with Gasteiger partial charge in [-0.1, -0.05) is 32.8 Å². The minimum Gasteiger partial charge on any atom is -0.497 e. The van der Waals surface area contributed by atoms with E-state index in [1.165, 1.54) is 6.08 Å². The van der Waals surface area contributed by atoms with Gasteiger partial charge in [-0.2, -0.15) is 0 Å². The maximum Gasteiger partial charge on any atom is 0.530 e. The minimum atomic E-state index is -4.12. The molecule has 0 spiro atoms. The van der Waals surface area contributed by atoms with Gasteiger partial charge in [0, 0.05) is 16.6 Å². The first-order chi connectivity index (χ1) is 16.0. The first-order valence-corrected chi connectivity index (χ1v) is 13.3. The van der Waals surface area contributed by atoms with Crippen LogP contribution < -0.4 is 4.74 Å². The number of hydrogen-bond donors (Lipinski definition) is 0. The smallest absolute Gasteiger partial charge is 0.497 e. The minimum absolute atomic E-state index is 0.140. The SMILES string of the molecule is CCCCOP(=O)(OCCCC)OC1=C2C(C)(C)C(=O)C=CC2(C)c2cc(OC)ccc2C1=O. The Morgan fingerprint density at radius 1 is 0.971 bits per heavy atom. The van der Waals surface area contributed by atoms with Crippen LogP contribution in [0.15, 0.2) is 41.7 Å². The van der Waals surface area contributed by atoms with Crippen LogP contribution in [0.25, 0.3) is 0 Å². The average Bonchev–Trinajstić information content (AvgIpc) is 2.80. The zero-order valence-electron chi connectivity index (χ0n) is 20.9. The summed E-state index contributed by atoms with van der Waals surface area (Å²) in [6.07, 6.45) is 6.30. The first-order valence-electron chi connectivity index (χ1n) is 11.8. The van der Waals surface area contributed by atoms with Crippen LogP contribution in [0.4, 0.5) is 0 Å². The number of phosphoric acid groups is 1. The van der Waals surface area contributed by atoms with E-state index < -0.39 is 24.4 Å². The highest BCUT2D eigenvalue weighted by Crippen LogP contribution is 2.58. The highest BCUT2D eigenvalue weighted by molar-refractivity contribution is 7.48. The Kier molecular flexibility index (Phi) is 7.91. The Morgan fingerprint density at radius 2 is 1.59 bits per heavy atom. The van der Waals surface area contributed by atoms with Crippen molar-refractivity contribution in [2.45, 2.75) is 65.7 Å². The number of allylic oxidation sites excluding steroid dienone is 4. The second kappa shape index (κ2) is 10.2. The highest BCUT2D eigenvalue weighted by atomic mass is 31.2. The molecular weight excluding hydrogens is 455 g/mol. The monoisotopic (exact) mass is 490 g/mol. The largest absolute Gasteiger partial charge is 0.530 e. The molecule has 2 aliphatic rings. The predicted octanol–water partition coefficient (Wildman–Crippen LogP) is 6.33. The summed E-state index contributed by atoms with van der Waals surface area (Å²) >= 11 is 0. The van der Waals surface area contributed by atoms with Gasteiger partial charge in [0.05, 0.1) is 25.7 Å². The van der Waals surface area contributed by atoms with E-state index in [1.54, 1.807) is 45.2 Å². The molecule has 3 rings (SSSR count). The van der Waals surface area contributed by atoms with Gasteiger partial charge in [-0.05, 0) is 63.5 Å². The molecule has 0 bridgehead atoms. The molecule has 0 aliphatic heterocycles. The van der Waals surface area contributed by atoms with Gasteiger partial charge < -0.3 is 9.26 Å². The average molecular weight is 491 g/mol. The van der Waals surface area contributed by atoms with Gasteiger partial charge in [0.2, 0.25) is 5.78 Å². The van der Waals surface area contributed by atoms with Gasteiger partial charge in [0.1, 0.15) is 5.75 Å². The van der Waals surface area contributed by atoms with E-state index in [1.807, 2.05) is 20.8 Å². The number of carbonyl (C=O) groups excluding carboxylic acids is 2. The van der Waals surface area contributed by atoms with E-state index in [9.17, 15) is 14.2 Å². The summed E-state index contributed by atoms with van der Waals surface area (Å²) in [5.41, 5.74) is -0.401. The summed E-state index contributed by atoms with van der Waals surface area (Å²) in [6, 6.07) is 5.16. The molecule has 1 aromatic carbocycles. The number of hydrogen-bond acceptors (Lipinski definition) is 7. The van der Waals surface area contributed by atoms with Gasteiger partial charge in [0.15, 0.2) is 11.5 Å². The Morgan fingerprint density at radius 3 is 2.15 bits per heavy atom. The van der Waals surface area contributed by atoms with Crippen molar-refractivity contribution in [3.8, 4) is 5.75 Å². The number of methoxy groups -OCH3 is 1. The first kappa shape index (κ1) is 26.4. The molecule has 8 heteroatoms. The third-order valence-electron chi connectivity index (χ3n) is 6.49. The molecule has 0 fully saturated rings. The van der Waals surface area contributed by atoms with E-state index in [4.69, 9.17) is 18.3 Å². The zero-order valence-corrected chi connectivity index (χ0v) is 21.8. The molecule has 186 valence electrons. The summed E-state index contributed by atoms with van der Waals surface area (Å²) < 4.78 is 36.2. The van der Waals surface area contributed by atoms with Crippen molar-refractivity contribution in [1.82, 2.24) is 0 Å². The van der Waals surface area contributed by atoms with Crippen LogP contribution >= 0.6 is 7.82 Å². The number of benzene rings is 1. The molecule has 0 amide bonds. The Hall–Kier alpha value is -2.21. The van der Waals surface area contributed by atoms with Crippen molar-refractivity contribution >= 4 is 19.4 Å². The number of fused-ring (bicyclic) bond motifs is 3. The summed E-state index contributed by atoms with van der Waals surface area (Å²) in [7, 11) is -2.56. The van der Waals surface area contributed by atoms with Crippen LogP contribution in [-0.2, 0) is 28.3 Å². The number of unbranched alkanes of at least 4 members (excludes halogenated alkanes) is 2. The van der Waals surface area contributed by atoms with Crippen molar-refractivity contribution in [2.75, 3.05) is 20.3 Å². The van der Waals surface area contributed by atoms with Crippen LogP contribution in [0.5, 0.6) is 5.75 Å². The molecule has 7 nitrogen and oxygen atoms in total. The molecular formula is C26H35O7P. The van der Waals surface area contributed by atoms with Crippen molar-refractivity contribution in [1.29, 1.82) is 0 Å². The quantitative estimate of drug-likeness (QED) is 0.265. The van der Waals surface area contributed by atoms with Crippen LogP contribution in [0.3, 0.4) is 0 Å². The van der Waals surface area contributed by atoms with E-state index in [0.717, 1.165) is 12.8 Å². The molecule has 0 radical (unpaired) electrons. The van der Waals surface area contributed by atoms with E-state index in [0.29, 0.717) is 35.3 Å². The third kappa shape index (κ3) is 4.79. The Balaban J connectivity index is 2.19. The molecule has 34 heavy (non-hydrogen) atoms. The molecule has 0 aromatic heterocycles. The van der Waals surface area contributed by atoms with Crippen molar-refractivity contribution in [2.24, 2.45) is 5.41 Å². The number of Topliss-reactive ketones (excluding diaryl/α,β-unsaturated/α-hetero) is 1. The van der Waals surface area contributed by atoms with Crippen molar-refractivity contribution in [3.63, 3.8) is 0 Å². The summed E-state index contributed by atoms with van der Waals surface area (Å²) in [5, 5.41) is 0.